The van der Waals surface area contributed by atoms with Gasteiger partial charge in [-0.05, 0) is 30.2 Å². The van der Waals surface area contributed by atoms with Gasteiger partial charge in [-0.2, -0.15) is 5.10 Å². The highest BCUT2D eigenvalue weighted by Crippen LogP contribution is 2.26. The average Bonchev–Trinajstić information content (AvgIpc) is 2.86. The second-order valence-electron chi connectivity index (χ2n) is 6.74. The first kappa shape index (κ1) is 18.6. The molecule has 0 aliphatic rings. The van der Waals surface area contributed by atoms with Gasteiger partial charge in [0.15, 0.2) is 0 Å². The van der Waals surface area contributed by atoms with Gasteiger partial charge in [0, 0.05) is 18.3 Å². The molecular formula is C21H23N3O3. The van der Waals surface area contributed by atoms with E-state index in [1.165, 1.54) is 0 Å². The summed E-state index contributed by atoms with van der Waals surface area (Å²) >= 11 is 0. The Morgan fingerprint density at radius 1 is 1.15 bits per heavy atom. The molecule has 3 aromatic rings. The topological polar surface area (TPSA) is 84.2 Å². The zero-order chi connectivity index (χ0) is 19.6. The molecule has 0 fully saturated rings. The van der Waals surface area contributed by atoms with E-state index in [2.05, 4.69) is 10.4 Å². The van der Waals surface area contributed by atoms with Crippen molar-refractivity contribution in [2.45, 2.75) is 32.7 Å². The predicted octanol–water partition coefficient (Wildman–Crippen LogP) is 3.06. The highest BCUT2D eigenvalue weighted by Gasteiger charge is 2.21. The van der Waals surface area contributed by atoms with Crippen LogP contribution in [0.15, 0.2) is 42.5 Å². The minimum absolute atomic E-state index is 0.173. The summed E-state index contributed by atoms with van der Waals surface area (Å²) in [4.78, 5) is 24.1. The first-order chi connectivity index (χ1) is 12.9. The monoisotopic (exact) mass is 365 g/mol. The van der Waals surface area contributed by atoms with Gasteiger partial charge >= 0.3 is 5.97 Å². The maximum absolute atomic E-state index is 12.7. The van der Waals surface area contributed by atoms with E-state index in [-0.39, 0.29) is 18.7 Å². The number of benzene rings is 2. The number of aromatic nitrogens is 2. The molecule has 0 bridgehead atoms. The molecule has 1 aromatic heterocycles. The Morgan fingerprint density at radius 3 is 2.52 bits per heavy atom. The number of hydrogen-bond donors (Lipinski definition) is 2. The molecule has 0 saturated carbocycles. The molecule has 27 heavy (non-hydrogen) atoms. The average molecular weight is 365 g/mol. The zero-order valence-electron chi connectivity index (χ0n) is 15.7. The third-order valence-corrected chi connectivity index (χ3v) is 4.91. The second kappa shape index (κ2) is 7.61. The van der Waals surface area contributed by atoms with Gasteiger partial charge in [-0.3, -0.25) is 14.3 Å². The Kier molecular flexibility index (Phi) is 5.26. The number of hydrogen-bond acceptors (Lipinski definition) is 3. The minimum atomic E-state index is -0.957. The highest BCUT2D eigenvalue weighted by atomic mass is 16.4. The van der Waals surface area contributed by atoms with Crippen molar-refractivity contribution in [2.75, 3.05) is 0 Å². The van der Waals surface area contributed by atoms with Crippen LogP contribution >= 0.6 is 0 Å². The minimum Gasteiger partial charge on any atom is -0.481 e. The summed E-state index contributed by atoms with van der Waals surface area (Å²) in [5.41, 5.74) is 3.43. The molecule has 2 N–H and O–H groups in total. The van der Waals surface area contributed by atoms with E-state index in [0.29, 0.717) is 0 Å². The number of rotatable bonds is 6. The van der Waals surface area contributed by atoms with Crippen molar-refractivity contribution in [2.24, 2.45) is 7.05 Å². The van der Waals surface area contributed by atoms with Gasteiger partial charge in [0.05, 0.1) is 24.6 Å². The van der Waals surface area contributed by atoms with Gasteiger partial charge in [0.25, 0.3) is 0 Å². The van der Waals surface area contributed by atoms with Gasteiger partial charge in [-0.1, -0.05) is 42.5 Å². The molecular weight excluding hydrogens is 342 g/mol. The Hall–Kier alpha value is -3.15. The molecule has 0 aliphatic carbocycles. The van der Waals surface area contributed by atoms with Crippen molar-refractivity contribution in [1.82, 2.24) is 15.1 Å². The fraction of sp³-hybridized carbons (Fsp3) is 0.286. The number of nitrogens with zero attached hydrogens (tertiary/aromatic N) is 2. The molecule has 0 aliphatic heterocycles. The van der Waals surface area contributed by atoms with Crippen molar-refractivity contribution in [3.8, 4) is 0 Å². The van der Waals surface area contributed by atoms with Crippen LogP contribution in [0.3, 0.4) is 0 Å². The van der Waals surface area contributed by atoms with E-state index in [1.807, 2.05) is 63.4 Å². The molecule has 1 heterocycles. The molecule has 6 heteroatoms. The molecule has 140 valence electrons. The van der Waals surface area contributed by atoms with Crippen LogP contribution in [-0.4, -0.2) is 26.8 Å². The Labute approximate surface area is 157 Å². The Bertz CT molecular complexity index is 1000. The molecule has 0 spiro atoms. The van der Waals surface area contributed by atoms with E-state index < -0.39 is 12.0 Å². The maximum Gasteiger partial charge on any atom is 0.305 e. The molecule has 0 unspecified atom stereocenters. The number of amides is 1. The number of nitrogens with one attached hydrogen (secondary N) is 1. The third kappa shape index (κ3) is 4.00. The number of carbonyl (C=O) groups excluding carboxylic acids is 1. The number of aliphatic carboxylic acids is 1. The predicted molar refractivity (Wildman–Crippen MR) is 103 cm³/mol. The van der Waals surface area contributed by atoms with Crippen LogP contribution < -0.4 is 5.32 Å². The highest BCUT2D eigenvalue weighted by molar-refractivity contribution is 5.88. The van der Waals surface area contributed by atoms with Crippen LogP contribution in [0.25, 0.3) is 10.8 Å². The first-order valence-corrected chi connectivity index (χ1v) is 8.84. The SMILES string of the molecule is Cc1nn(C)c(C)c1CC(=O)N[C@H](CC(=O)O)c1cccc2ccccc12. The van der Waals surface area contributed by atoms with E-state index in [4.69, 9.17) is 0 Å². The third-order valence-electron chi connectivity index (χ3n) is 4.91. The molecule has 1 amide bonds. The first-order valence-electron chi connectivity index (χ1n) is 8.84. The van der Waals surface area contributed by atoms with Crippen LogP contribution in [-0.2, 0) is 23.1 Å². The summed E-state index contributed by atoms with van der Waals surface area (Å²) in [7, 11) is 1.84. The van der Waals surface area contributed by atoms with Gasteiger partial charge in [0.2, 0.25) is 5.91 Å². The van der Waals surface area contributed by atoms with Crippen molar-refractivity contribution in [1.29, 1.82) is 0 Å². The van der Waals surface area contributed by atoms with Gasteiger partial charge < -0.3 is 10.4 Å². The molecule has 1 atom stereocenters. The molecule has 0 radical (unpaired) electrons. The van der Waals surface area contributed by atoms with E-state index in [0.717, 1.165) is 33.3 Å². The number of carboxylic acids is 1. The summed E-state index contributed by atoms with van der Waals surface area (Å²) in [6.07, 6.45) is -0.00283. The number of aryl methyl sites for hydroxylation is 2. The quantitative estimate of drug-likeness (QED) is 0.703. The molecule has 6 nitrogen and oxygen atoms in total. The summed E-state index contributed by atoms with van der Waals surface area (Å²) in [6.45, 7) is 3.79. The lowest BCUT2D eigenvalue weighted by atomic mass is 9.96. The number of carbonyl (C=O) groups is 2. The summed E-state index contributed by atoms with van der Waals surface area (Å²) in [5, 5.41) is 18.5. The molecule has 3 rings (SSSR count). The largest absolute Gasteiger partial charge is 0.481 e. The van der Waals surface area contributed by atoms with E-state index in [1.54, 1.807) is 4.68 Å². The van der Waals surface area contributed by atoms with E-state index in [9.17, 15) is 14.7 Å². The Morgan fingerprint density at radius 2 is 1.85 bits per heavy atom. The fourth-order valence-electron chi connectivity index (χ4n) is 3.45. The van der Waals surface area contributed by atoms with Crippen LogP contribution in [0.2, 0.25) is 0 Å². The molecule has 0 saturated heterocycles. The van der Waals surface area contributed by atoms with Gasteiger partial charge in [-0.15, -0.1) is 0 Å². The van der Waals surface area contributed by atoms with E-state index >= 15 is 0 Å². The lowest BCUT2D eigenvalue weighted by Gasteiger charge is -2.19. The second-order valence-corrected chi connectivity index (χ2v) is 6.74. The van der Waals surface area contributed by atoms with Crippen molar-refractivity contribution >= 4 is 22.6 Å². The summed E-state index contributed by atoms with van der Waals surface area (Å²) in [5.74, 6) is -1.17. The van der Waals surface area contributed by atoms with Crippen LogP contribution in [0.4, 0.5) is 0 Å². The Balaban J connectivity index is 1.89. The van der Waals surface area contributed by atoms with Crippen molar-refractivity contribution in [3.05, 3.63) is 65.0 Å². The summed E-state index contributed by atoms with van der Waals surface area (Å²) < 4.78 is 1.75. The standard InChI is InChI=1S/C21H23N3O3/c1-13-18(14(2)24(3)23-13)11-20(25)22-19(12-21(26)27)17-10-6-8-15-7-4-5-9-16(15)17/h4-10,19H,11-12H2,1-3H3,(H,22,25)(H,26,27)/t19-/m1/s1. The maximum atomic E-state index is 12.7. The van der Waals surface area contributed by atoms with Crippen LogP contribution in [0.1, 0.15) is 35.0 Å². The lowest BCUT2D eigenvalue weighted by Crippen LogP contribution is -2.31. The van der Waals surface area contributed by atoms with Crippen molar-refractivity contribution < 1.29 is 14.7 Å². The normalized spacial score (nSPS) is 12.1. The van der Waals surface area contributed by atoms with Gasteiger partial charge in [-0.25, -0.2) is 0 Å². The number of fused-ring (bicyclic) bond motifs is 1. The van der Waals surface area contributed by atoms with Gasteiger partial charge in [0.1, 0.15) is 0 Å². The fourth-order valence-corrected chi connectivity index (χ4v) is 3.45. The zero-order valence-corrected chi connectivity index (χ0v) is 15.7. The van der Waals surface area contributed by atoms with Crippen molar-refractivity contribution in [3.63, 3.8) is 0 Å². The van der Waals surface area contributed by atoms with Crippen LogP contribution in [0, 0.1) is 13.8 Å². The molecule has 2 aromatic carbocycles. The number of carboxylic acid groups (broad SMARTS) is 1. The van der Waals surface area contributed by atoms with Crippen LogP contribution in [0.5, 0.6) is 0 Å². The summed E-state index contributed by atoms with van der Waals surface area (Å²) in [6, 6.07) is 12.9. The smallest absolute Gasteiger partial charge is 0.305 e. The lowest BCUT2D eigenvalue weighted by molar-refractivity contribution is -0.137.